The summed E-state index contributed by atoms with van der Waals surface area (Å²) in [6.45, 7) is 5.33. The highest BCUT2D eigenvalue weighted by molar-refractivity contribution is 5.94. The lowest BCUT2D eigenvalue weighted by Gasteiger charge is -2.13. The van der Waals surface area contributed by atoms with Gasteiger partial charge in [0, 0.05) is 56.4 Å². The molecule has 1 atom stereocenters. The molecule has 0 aliphatic carbocycles. The van der Waals surface area contributed by atoms with E-state index in [2.05, 4.69) is 20.8 Å². The summed E-state index contributed by atoms with van der Waals surface area (Å²) >= 11 is 0. The van der Waals surface area contributed by atoms with Crippen LogP contribution in [0.5, 0.6) is 0 Å². The van der Waals surface area contributed by atoms with Crippen LogP contribution in [0.15, 0.2) is 0 Å². The number of carbonyl (C=O) groups is 1. The largest absolute Gasteiger partial charge is 0.381 e. The number of fused-ring (bicyclic) bond motifs is 1. The first kappa shape index (κ1) is 18.2. The number of nitrogens with zero attached hydrogens (tertiary/aromatic N) is 1. The molecule has 3 heterocycles. The zero-order valence-corrected chi connectivity index (χ0v) is 14.0. The highest BCUT2D eigenvalue weighted by Gasteiger charge is 2.21. The third-order valence-corrected chi connectivity index (χ3v) is 4.15. The topological polar surface area (TPSA) is 88.3 Å². The molecule has 7 nitrogen and oxygen atoms in total. The second-order valence-corrected chi connectivity index (χ2v) is 5.87. The van der Waals surface area contributed by atoms with E-state index in [0.717, 1.165) is 56.9 Å². The fourth-order valence-corrected chi connectivity index (χ4v) is 2.84. The van der Waals surface area contributed by atoms with Gasteiger partial charge in [-0.25, -0.2) is 0 Å². The number of aromatic amines is 1. The monoisotopic (exact) mass is 344 g/mol. The zero-order valence-electron chi connectivity index (χ0n) is 13.2. The van der Waals surface area contributed by atoms with Crippen molar-refractivity contribution < 1.29 is 14.3 Å². The van der Waals surface area contributed by atoms with Crippen LogP contribution in [0.2, 0.25) is 0 Å². The Morgan fingerprint density at radius 3 is 3.22 bits per heavy atom. The number of carbonyl (C=O) groups excluding carboxylic acids is 1. The first-order valence-corrected chi connectivity index (χ1v) is 8.05. The molecule has 0 saturated carbocycles. The summed E-state index contributed by atoms with van der Waals surface area (Å²) in [6, 6.07) is 0. The van der Waals surface area contributed by atoms with Crippen LogP contribution in [0.25, 0.3) is 0 Å². The molecule has 0 spiro atoms. The predicted molar refractivity (Wildman–Crippen MR) is 87.9 cm³/mol. The average molecular weight is 345 g/mol. The third kappa shape index (κ3) is 4.91. The molecule has 1 unspecified atom stereocenters. The fourth-order valence-electron chi connectivity index (χ4n) is 2.84. The van der Waals surface area contributed by atoms with E-state index in [9.17, 15) is 4.79 Å². The van der Waals surface area contributed by atoms with Crippen LogP contribution >= 0.6 is 12.4 Å². The number of halogens is 1. The summed E-state index contributed by atoms with van der Waals surface area (Å²) in [4.78, 5) is 12.1. The summed E-state index contributed by atoms with van der Waals surface area (Å²) in [5, 5.41) is 13.3. The van der Waals surface area contributed by atoms with Gasteiger partial charge in [0.1, 0.15) is 0 Å². The zero-order chi connectivity index (χ0) is 15.2. The van der Waals surface area contributed by atoms with Gasteiger partial charge in [-0.2, -0.15) is 5.10 Å². The summed E-state index contributed by atoms with van der Waals surface area (Å²) in [6.07, 6.45) is 2.80. The van der Waals surface area contributed by atoms with Crippen molar-refractivity contribution in [2.24, 2.45) is 5.92 Å². The number of hydrogen-bond donors (Lipinski definition) is 3. The van der Waals surface area contributed by atoms with Crippen molar-refractivity contribution in [3.63, 3.8) is 0 Å². The van der Waals surface area contributed by atoms with Crippen LogP contribution in [-0.4, -0.2) is 55.6 Å². The van der Waals surface area contributed by atoms with Crippen molar-refractivity contribution in [2.75, 3.05) is 39.5 Å². The fraction of sp³-hybridized carbons (Fsp3) is 0.733. The molecule has 23 heavy (non-hydrogen) atoms. The van der Waals surface area contributed by atoms with E-state index < -0.39 is 0 Å². The number of aromatic nitrogens is 2. The Morgan fingerprint density at radius 2 is 2.39 bits per heavy atom. The maximum atomic E-state index is 12.1. The molecule has 1 saturated heterocycles. The number of amides is 1. The van der Waals surface area contributed by atoms with Gasteiger partial charge in [0.2, 0.25) is 0 Å². The highest BCUT2D eigenvalue weighted by atomic mass is 35.5. The average Bonchev–Trinajstić information content (AvgIpc) is 3.19. The van der Waals surface area contributed by atoms with Gasteiger partial charge in [-0.15, -0.1) is 12.4 Å². The van der Waals surface area contributed by atoms with Crippen LogP contribution in [0.3, 0.4) is 0 Å². The molecule has 3 N–H and O–H groups in total. The van der Waals surface area contributed by atoms with Gasteiger partial charge in [0.05, 0.1) is 13.2 Å². The molecule has 1 amide bonds. The van der Waals surface area contributed by atoms with Crippen molar-refractivity contribution in [1.82, 2.24) is 20.8 Å². The minimum Gasteiger partial charge on any atom is -0.381 e. The standard InChI is InChI=1S/C15H24N4O3.ClH/c20-15(14-12-8-16-5-2-13(12)18-19-14)17-4-1-6-21-9-11-3-7-22-10-11;/h11,16H,1-10H2,(H,17,20)(H,18,19);1H. The Morgan fingerprint density at radius 1 is 1.48 bits per heavy atom. The molecule has 1 aromatic heterocycles. The lowest BCUT2D eigenvalue weighted by atomic mass is 10.1. The van der Waals surface area contributed by atoms with Crippen molar-refractivity contribution in [3.8, 4) is 0 Å². The second-order valence-electron chi connectivity index (χ2n) is 5.87. The molecule has 8 heteroatoms. The van der Waals surface area contributed by atoms with Crippen LogP contribution in [0.4, 0.5) is 0 Å². The van der Waals surface area contributed by atoms with Gasteiger partial charge in [-0.1, -0.05) is 0 Å². The highest BCUT2D eigenvalue weighted by Crippen LogP contribution is 2.15. The third-order valence-electron chi connectivity index (χ3n) is 4.15. The van der Waals surface area contributed by atoms with Gasteiger partial charge in [0.25, 0.3) is 5.91 Å². The quantitative estimate of drug-likeness (QED) is 0.632. The number of nitrogens with one attached hydrogen (secondary N) is 3. The molecule has 1 aromatic rings. The molecular formula is C15H25ClN4O3. The first-order valence-electron chi connectivity index (χ1n) is 8.05. The molecule has 0 bridgehead atoms. The molecular weight excluding hydrogens is 320 g/mol. The summed E-state index contributed by atoms with van der Waals surface area (Å²) in [5.74, 6) is 0.433. The van der Waals surface area contributed by atoms with E-state index in [1.54, 1.807) is 0 Å². The molecule has 2 aliphatic heterocycles. The summed E-state index contributed by atoms with van der Waals surface area (Å²) < 4.78 is 10.9. The smallest absolute Gasteiger partial charge is 0.272 e. The maximum absolute atomic E-state index is 12.1. The van der Waals surface area contributed by atoms with Gasteiger partial charge < -0.3 is 20.1 Å². The number of rotatable bonds is 7. The van der Waals surface area contributed by atoms with E-state index >= 15 is 0 Å². The normalized spacial score (nSPS) is 19.9. The lowest BCUT2D eigenvalue weighted by molar-refractivity contribution is 0.0851. The summed E-state index contributed by atoms with van der Waals surface area (Å²) in [7, 11) is 0. The molecule has 1 fully saturated rings. The SMILES string of the molecule is Cl.O=C(NCCCOCC1CCOC1)c1n[nH]c2c1CNCC2. The number of hydrogen-bond acceptors (Lipinski definition) is 5. The molecule has 0 aromatic carbocycles. The summed E-state index contributed by atoms with van der Waals surface area (Å²) in [5.41, 5.74) is 2.60. The van der Waals surface area contributed by atoms with E-state index in [-0.39, 0.29) is 18.3 Å². The minimum atomic E-state index is -0.106. The van der Waals surface area contributed by atoms with Crippen LogP contribution in [-0.2, 0) is 22.4 Å². The maximum Gasteiger partial charge on any atom is 0.272 e. The van der Waals surface area contributed by atoms with E-state index in [4.69, 9.17) is 9.47 Å². The van der Waals surface area contributed by atoms with Crippen molar-refractivity contribution in [3.05, 3.63) is 17.0 Å². The molecule has 130 valence electrons. The van der Waals surface area contributed by atoms with Crippen LogP contribution < -0.4 is 10.6 Å². The van der Waals surface area contributed by atoms with Gasteiger partial charge in [-0.05, 0) is 12.8 Å². The first-order chi connectivity index (χ1) is 10.8. The van der Waals surface area contributed by atoms with Gasteiger partial charge in [0.15, 0.2) is 5.69 Å². The van der Waals surface area contributed by atoms with E-state index in [1.807, 2.05) is 0 Å². The van der Waals surface area contributed by atoms with Crippen molar-refractivity contribution >= 4 is 18.3 Å². The predicted octanol–water partition coefficient (Wildman–Crippen LogP) is 0.650. The molecule has 0 radical (unpaired) electrons. The molecule has 3 rings (SSSR count). The van der Waals surface area contributed by atoms with Gasteiger partial charge in [-0.3, -0.25) is 9.89 Å². The van der Waals surface area contributed by atoms with E-state index in [0.29, 0.717) is 31.3 Å². The Bertz CT molecular complexity index is 503. The Hall–Kier alpha value is -1.15. The number of ether oxygens (including phenoxy) is 2. The number of H-pyrrole nitrogens is 1. The van der Waals surface area contributed by atoms with Gasteiger partial charge >= 0.3 is 0 Å². The molecule has 2 aliphatic rings. The van der Waals surface area contributed by atoms with Crippen LogP contribution in [0, 0.1) is 5.92 Å². The second kappa shape index (κ2) is 9.22. The van der Waals surface area contributed by atoms with Crippen molar-refractivity contribution in [2.45, 2.75) is 25.8 Å². The van der Waals surface area contributed by atoms with Crippen LogP contribution in [0.1, 0.15) is 34.6 Å². The lowest BCUT2D eigenvalue weighted by Crippen LogP contribution is -2.29. The Labute approximate surface area is 142 Å². The Kier molecular flexibility index (Phi) is 7.29. The minimum absolute atomic E-state index is 0. The van der Waals surface area contributed by atoms with E-state index in [1.165, 1.54) is 0 Å². The Balaban J connectivity index is 0.00000192. The van der Waals surface area contributed by atoms with Crippen molar-refractivity contribution in [1.29, 1.82) is 0 Å².